The van der Waals surface area contributed by atoms with Gasteiger partial charge in [-0.15, -0.1) is 0 Å². The molecule has 0 spiro atoms. The van der Waals surface area contributed by atoms with E-state index < -0.39 is 11.9 Å². The summed E-state index contributed by atoms with van der Waals surface area (Å²) in [5.41, 5.74) is 2.30. The van der Waals surface area contributed by atoms with Crippen LogP contribution in [0.4, 0.5) is 5.69 Å². The molecule has 9 heteroatoms. The molecule has 0 saturated carbocycles. The average molecular weight is 539 g/mol. The molecule has 0 aliphatic heterocycles. The van der Waals surface area contributed by atoms with Crippen LogP contribution in [-0.2, 0) is 20.7 Å². The molecule has 0 fully saturated rings. The molecule has 2 aromatic carbocycles. The predicted molar refractivity (Wildman–Crippen MR) is 122 cm³/mol. The fourth-order valence-electron chi connectivity index (χ4n) is 2.84. The highest BCUT2D eigenvalue weighted by atomic mass is 79.9. The lowest BCUT2D eigenvalue weighted by atomic mass is 10.1. The number of amides is 1. The lowest BCUT2D eigenvalue weighted by Crippen LogP contribution is -2.17. The largest absolute Gasteiger partial charge is 0.469 e. The molecule has 3 rings (SSSR count). The highest BCUT2D eigenvalue weighted by Gasteiger charge is 2.15. The minimum absolute atomic E-state index is 0.355. The number of nitrogens with one attached hydrogen (secondary N) is 2. The fourth-order valence-corrected chi connectivity index (χ4v) is 4.19. The summed E-state index contributed by atoms with van der Waals surface area (Å²) in [6, 6.07) is 9.07. The molecule has 0 bridgehead atoms. The van der Waals surface area contributed by atoms with E-state index in [4.69, 9.17) is 4.74 Å². The number of rotatable bonds is 7. The van der Waals surface area contributed by atoms with E-state index in [-0.39, 0.29) is 6.42 Å². The normalized spacial score (nSPS) is 11.0. The molecule has 7 nitrogen and oxygen atoms in total. The first kappa shape index (κ1) is 22.3. The van der Waals surface area contributed by atoms with E-state index in [1.165, 1.54) is 7.11 Å². The summed E-state index contributed by atoms with van der Waals surface area (Å²) in [4.78, 5) is 31.1. The maximum atomic E-state index is 11.9. The Bertz CT molecular complexity index is 1070. The quantitative estimate of drug-likeness (QED) is 0.302. The number of aromatic nitrogens is 2. The van der Waals surface area contributed by atoms with Crippen molar-refractivity contribution in [3.05, 3.63) is 45.1 Å². The zero-order valence-corrected chi connectivity index (χ0v) is 19.9. The summed E-state index contributed by atoms with van der Waals surface area (Å²) < 4.78 is 11.8. The number of aromatic amines is 1. The third-order valence-corrected chi connectivity index (χ3v) is 5.32. The number of hydrogen-bond acceptors (Lipinski definition) is 5. The molecule has 0 aliphatic rings. The van der Waals surface area contributed by atoms with Crippen molar-refractivity contribution >= 4 is 60.5 Å². The van der Waals surface area contributed by atoms with Gasteiger partial charge in [-0.3, -0.25) is 9.59 Å². The van der Waals surface area contributed by atoms with Crippen LogP contribution >= 0.6 is 31.9 Å². The number of anilines is 1. The maximum Gasteiger partial charge on any atom is 0.315 e. The minimum Gasteiger partial charge on any atom is -0.469 e. The number of nitrogens with zero attached hydrogens (tertiary/aromatic N) is 1. The average Bonchev–Trinajstić information content (AvgIpc) is 3.05. The highest BCUT2D eigenvalue weighted by Crippen LogP contribution is 2.39. The minimum atomic E-state index is -0.601. The number of ether oxygens (including phenoxy) is 2. The van der Waals surface area contributed by atoms with Crippen molar-refractivity contribution in [3.63, 3.8) is 0 Å². The van der Waals surface area contributed by atoms with Crippen molar-refractivity contribution in [2.45, 2.75) is 26.7 Å². The maximum absolute atomic E-state index is 11.9. The third kappa shape index (κ3) is 5.60. The second-order valence-corrected chi connectivity index (χ2v) is 8.84. The van der Waals surface area contributed by atoms with E-state index in [1.807, 2.05) is 18.2 Å². The van der Waals surface area contributed by atoms with Crippen LogP contribution in [0.2, 0.25) is 0 Å². The van der Waals surface area contributed by atoms with Crippen molar-refractivity contribution in [2.75, 3.05) is 12.4 Å². The van der Waals surface area contributed by atoms with Gasteiger partial charge in [0.25, 0.3) is 0 Å². The Hall–Kier alpha value is -2.39. The summed E-state index contributed by atoms with van der Waals surface area (Å²) in [6.07, 6.45) is 0.525. The Labute approximate surface area is 190 Å². The Morgan fingerprint density at radius 1 is 1.17 bits per heavy atom. The molecule has 0 aliphatic carbocycles. The third-order valence-electron chi connectivity index (χ3n) is 4.14. The highest BCUT2D eigenvalue weighted by molar-refractivity contribution is 9.11. The van der Waals surface area contributed by atoms with Crippen LogP contribution < -0.4 is 10.1 Å². The first-order chi connectivity index (χ1) is 14.2. The number of methoxy groups -OCH3 is 1. The first-order valence-corrected chi connectivity index (χ1v) is 10.9. The van der Waals surface area contributed by atoms with E-state index in [0.717, 1.165) is 23.3 Å². The topological polar surface area (TPSA) is 93.3 Å². The van der Waals surface area contributed by atoms with Gasteiger partial charge in [-0.25, -0.2) is 4.98 Å². The molecule has 0 unspecified atom stereocenters. The van der Waals surface area contributed by atoms with Crippen molar-refractivity contribution in [3.8, 4) is 11.5 Å². The molecule has 0 saturated heterocycles. The van der Waals surface area contributed by atoms with E-state index in [1.54, 1.807) is 12.1 Å². The van der Waals surface area contributed by atoms with E-state index in [2.05, 4.69) is 65.7 Å². The SMILES string of the molecule is COC(=O)CC(=O)Nc1cc(Br)c(Oc2ccc3[nH]c(CC(C)C)nc3c2)c(Br)c1. The number of esters is 1. The summed E-state index contributed by atoms with van der Waals surface area (Å²) in [5.74, 6) is 1.59. The molecule has 0 atom stereocenters. The van der Waals surface area contributed by atoms with Gasteiger partial charge < -0.3 is 19.8 Å². The van der Waals surface area contributed by atoms with Crippen LogP contribution in [-0.4, -0.2) is 29.0 Å². The van der Waals surface area contributed by atoms with Gasteiger partial charge in [-0.1, -0.05) is 13.8 Å². The molecular formula is C21H21Br2N3O4. The number of fused-ring (bicyclic) bond motifs is 1. The Morgan fingerprint density at radius 2 is 1.87 bits per heavy atom. The standard InChI is InChI=1S/C21H21Br2N3O4/c1-11(2)6-18-25-16-5-4-13(9-17(16)26-18)30-21-14(22)7-12(8-15(21)23)24-19(27)10-20(28)29-3/h4-5,7-9,11H,6,10H2,1-3H3,(H,24,27)(H,25,26). The number of hydrogen-bond donors (Lipinski definition) is 2. The fraction of sp³-hybridized carbons (Fsp3) is 0.286. The molecule has 3 aromatic rings. The molecule has 0 radical (unpaired) electrons. The number of halogens is 2. The van der Waals surface area contributed by atoms with Crippen LogP contribution in [0.1, 0.15) is 26.1 Å². The smallest absolute Gasteiger partial charge is 0.315 e. The van der Waals surface area contributed by atoms with Gasteiger partial charge in [0.15, 0.2) is 5.75 Å². The summed E-state index contributed by atoms with van der Waals surface area (Å²) >= 11 is 6.94. The number of carbonyl (C=O) groups is 2. The monoisotopic (exact) mass is 537 g/mol. The van der Waals surface area contributed by atoms with Gasteiger partial charge in [-0.2, -0.15) is 0 Å². The summed E-state index contributed by atoms with van der Waals surface area (Å²) in [5, 5.41) is 2.65. The van der Waals surface area contributed by atoms with Gasteiger partial charge in [-0.05, 0) is 62.0 Å². The Morgan fingerprint density at radius 3 is 2.50 bits per heavy atom. The molecule has 158 valence electrons. The molecule has 1 heterocycles. The zero-order valence-electron chi connectivity index (χ0n) is 16.7. The van der Waals surface area contributed by atoms with Crippen LogP contribution in [0, 0.1) is 5.92 Å². The number of imidazole rings is 1. The van der Waals surface area contributed by atoms with Crippen molar-refractivity contribution in [1.29, 1.82) is 0 Å². The molecule has 2 N–H and O–H groups in total. The molecule has 1 amide bonds. The summed E-state index contributed by atoms with van der Waals surface area (Å²) in [7, 11) is 1.24. The zero-order chi connectivity index (χ0) is 21.8. The van der Waals surface area contributed by atoms with Gasteiger partial charge in [0.05, 0.1) is 27.1 Å². The van der Waals surface area contributed by atoms with Crippen LogP contribution in [0.3, 0.4) is 0 Å². The van der Waals surface area contributed by atoms with Crippen molar-refractivity contribution in [1.82, 2.24) is 9.97 Å². The van der Waals surface area contributed by atoms with Crippen molar-refractivity contribution < 1.29 is 19.1 Å². The Kier molecular flexibility index (Phi) is 7.14. The molecular weight excluding hydrogens is 518 g/mol. The van der Waals surface area contributed by atoms with Gasteiger partial charge in [0, 0.05) is 18.2 Å². The second-order valence-electron chi connectivity index (χ2n) is 7.13. The van der Waals surface area contributed by atoms with Gasteiger partial charge in [0.2, 0.25) is 5.91 Å². The van der Waals surface area contributed by atoms with E-state index in [0.29, 0.717) is 32.0 Å². The van der Waals surface area contributed by atoms with E-state index >= 15 is 0 Å². The van der Waals surface area contributed by atoms with Crippen LogP contribution in [0.15, 0.2) is 39.3 Å². The van der Waals surface area contributed by atoms with E-state index in [9.17, 15) is 9.59 Å². The van der Waals surface area contributed by atoms with Crippen molar-refractivity contribution in [2.24, 2.45) is 5.92 Å². The number of carbonyl (C=O) groups excluding carboxylic acids is 2. The number of H-pyrrole nitrogens is 1. The lowest BCUT2D eigenvalue weighted by Gasteiger charge is -2.12. The predicted octanol–water partition coefficient (Wildman–Crippen LogP) is 5.58. The lowest BCUT2D eigenvalue weighted by molar-refractivity contribution is -0.142. The molecule has 30 heavy (non-hydrogen) atoms. The summed E-state index contributed by atoms with van der Waals surface area (Å²) in [6.45, 7) is 4.30. The van der Waals surface area contributed by atoms with Gasteiger partial charge in [0.1, 0.15) is 18.0 Å². The van der Waals surface area contributed by atoms with Crippen LogP contribution in [0.25, 0.3) is 11.0 Å². The van der Waals surface area contributed by atoms with Gasteiger partial charge >= 0.3 is 5.97 Å². The number of benzene rings is 2. The molecule has 1 aromatic heterocycles. The first-order valence-electron chi connectivity index (χ1n) is 9.27. The Balaban J connectivity index is 1.77. The second kappa shape index (κ2) is 9.61. The van der Waals surface area contributed by atoms with Crippen LogP contribution in [0.5, 0.6) is 11.5 Å².